The summed E-state index contributed by atoms with van der Waals surface area (Å²) >= 11 is 0. The maximum atomic E-state index is 14.6. The van der Waals surface area contributed by atoms with Crippen LogP contribution in [0.2, 0.25) is 0 Å². The number of nitrogens with zero attached hydrogens (tertiary/aromatic N) is 8. The van der Waals surface area contributed by atoms with Gasteiger partial charge in [0.05, 0.1) is 29.7 Å². The van der Waals surface area contributed by atoms with Crippen molar-refractivity contribution in [3.05, 3.63) is 132 Å². The Morgan fingerprint density at radius 1 is 0.641 bits per heavy atom. The third kappa shape index (κ3) is 8.96. The molecule has 0 aliphatic carbocycles. The summed E-state index contributed by atoms with van der Waals surface area (Å²) in [5.41, 5.74) is 2.95. The monoisotopic (exact) mass is 872 g/mol. The van der Waals surface area contributed by atoms with Crippen molar-refractivity contribution in [1.82, 2.24) is 49.5 Å². The number of halogens is 3. The Balaban J connectivity index is 0.990. The fraction of sp³-hybridized carbons (Fsp3) is 0.388. The van der Waals surface area contributed by atoms with Gasteiger partial charge < -0.3 is 19.8 Å². The van der Waals surface area contributed by atoms with Gasteiger partial charge in [0.15, 0.2) is 11.5 Å². The molecule has 2 aliphatic rings. The topological polar surface area (TPSA) is 130 Å². The van der Waals surface area contributed by atoms with Crippen LogP contribution in [0, 0.1) is 0 Å². The highest BCUT2D eigenvalue weighted by atomic mass is 19.4. The lowest BCUT2D eigenvalue weighted by molar-refractivity contribution is -0.140. The molecule has 2 aliphatic heterocycles. The van der Waals surface area contributed by atoms with E-state index in [-0.39, 0.29) is 35.4 Å². The van der Waals surface area contributed by atoms with Gasteiger partial charge in [-0.1, -0.05) is 113 Å². The molecule has 334 valence electrons. The summed E-state index contributed by atoms with van der Waals surface area (Å²) in [4.78, 5) is 60.9. The Hall–Kier alpha value is -6.19. The number of hydrogen-bond acceptors (Lipinski definition) is 8. The van der Waals surface area contributed by atoms with Crippen molar-refractivity contribution in [3.63, 3.8) is 0 Å². The zero-order valence-electron chi connectivity index (χ0n) is 36.7. The predicted octanol–water partition coefficient (Wildman–Crippen LogP) is 9.44. The van der Waals surface area contributed by atoms with Gasteiger partial charge in [-0.05, 0) is 63.0 Å². The van der Waals surface area contributed by atoms with Gasteiger partial charge in [0.25, 0.3) is 0 Å². The molecule has 4 atom stereocenters. The van der Waals surface area contributed by atoms with Crippen LogP contribution in [0.3, 0.4) is 0 Å². The molecular weight excluding hydrogens is 818 g/mol. The van der Waals surface area contributed by atoms with E-state index < -0.39 is 24.0 Å². The molecule has 5 heterocycles. The number of nitrogens with one attached hydrogen (secondary N) is 2. The van der Waals surface area contributed by atoms with E-state index in [9.17, 15) is 22.8 Å². The number of benzene rings is 3. The predicted molar refractivity (Wildman–Crippen MR) is 239 cm³/mol. The highest BCUT2D eigenvalue weighted by Crippen LogP contribution is 2.41. The average molecular weight is 873 g/mol. The number of likely N-dealkylation sites (tertiary alicyclic amines) is 2. The van der Waals surface area contributed by atoms with E-state index in [1.54, 1.807) is 47.8 Å². The van der Waals surface area contributed by atoms with Crippen LogP contribution in [0.1, 0.15) is 106 Å². The summed E-state index contributed by atoms with van der Waals surface area (Å²) < 4.78 is 43.9. The first kappa shape index (κ1) is 44.4. The summed E-state index contributed by atoms with van der Waals surface area (Å²) in [6, 6.07) is 24.2. The van der Waals surface area contributed by atoms with Crippen LogP contribution >= 0.6 is 0 Å². The molecule has 64 heavy (non-hydrogen) atoms. The summed E-state index contributed by atoms with van der Waals surface area (Å²) in [5, 5.41) is 0. The first-order valence-electron chi connectivity index (χ1n) is 22.4. The maximum absolute atomic E-state index is 14.6. The molecule has 0 saturated carbocycles. The molecule has 0 bridgehead atoms. The van der Waals surface area contributed by atoms with Gasteiger partial charge >= 0.3 is 6.18 Å². The van der Waals surface area contributed by atoms with Gasteiger partial charge in [0.2, 0.25) is 11.8 Å². The second kappa shape index (κ2) is 19.3. The van der Waals surface area contributed by atoms with Crippen LogP contribution in [0.5, 0.6) is 0 Å². The molecule has 15 heteroatoms. The van der Waals surface area contributed by atoms with Gasteiger partial charge in [-0.2, -0.15) is 13.2 Å². The lowest BCUT2D eigenvalue weighted by Gasteiger charge is -2.34. The molecule has 2 saturated heterocycles. The SMILES string of the molecule is CCN(CC)C(C(=O)N1CCC[C@H]1c1nc(C(F)(F)F)c(-c2ccc(-c3ncc(-c4cnc([C@@H]5CCCN5C(=O)[C@@H](c5ccccc5)N(CC)CC)[nH]4)cn3)cc2)[nH]1)c1ccccc1. The molecule has 2 fully saturated rings. The number of likely N-dealkylation sites (N-methyl/N-ethyl adjacent to an activating group) is 2. The number of aromatic nitrogens is 6. The summed E-state index contributed by atoms with van der Waals surface area (Å²) in [7, 11) is 0. The van der Waals surface area contributed by atoms with E-state index in [1.807, 2.05) is 79.4 Å². The quantitative estimate of drug-likeness (QED) is 0.104. The molecule has 8 rings (SSSR count). The van der Waals surface area contributed by atoms with E-state index in [2.05, 4.69) is 48.6 Å². The summed E-state index contributed by atoms with van der Waals surface area (Å²) in [6.07, 6.45) is 3.15. The van der Waals surface area contributed by atoms with Crippen LogP contribution in [0.25, 0.3) is 33.9 Å². The lowest BCUT2D eigenvalue weighted by Crippen LogP contribution is -2.43. The number of alkyl halides is 3. The Kier molecular flexibility index (Phi) is 13.4. The minimum Gasteiger partial charge on any atom is -0.340 e. The van der Waals surface area contributed by atoms with E-state index in [4.69, 9.17) is 4.98 Å². The fourth-order valence-electron chi connectivity index (χ4n) is 9.43. The van der Waals surface area contributed by atoms with Gasteiger partial charge in [-0.15, -0.1) is 0 Å². The number of H-pyrrole nitrogens is 2. The first-order chi connectivity index (χ1) is 31.0. The second-order valence-electron chi connectivity index (χ2n) is 16.3. The fourth-order valence-corrected chi connectivity index (χ4v) is 9.43. The third-order valence-electron chi connectivity index (χ3n) is 12.7. The molecule has 2 N–H and O–H groups in total. The largest absolute Gasteiger partial charge is 0.435 e. The molecule has 2 amide bonds. The van der Waals surface area contributed by atoms with Crippen molar-refractivity contribution >= 4 is 11.8 Å². The molecular formula is C49H55F3N10O2. The normalized spacial score (nSPS) is 17.7. The molecule has 1 unspecified atom stereocenters. The van der Waals surface area contributed by atoms with Crippen molar-refractivity contribution in [3.8, 4) is 33.9 Å². The lowest BCUT2D eigenvalue weighted by atomic mass is 10.0. The standard InChI is InChI=1S/C49H55F3N10O2/c1-5-59(6-2)41(33-17-11-9-12-18-33)47(63)61-27-15-21-38(61)45-55-31-37(56-45)36-29-53-44(54-30-36)35-25-23-32(24-26-35)40-43(49(50,51)52)58-46(57-40)39-22-16-28-62(39)48(64)42(60(7-3)8-4)34-19-13-10-14-20-34/h9-14,17-20,23-26,29-31,38-39,41-42H,5-8,15-16,21-22,27-28H2,1-4H3,(H,55,56)(H,57,58)/t38-,39-,41+,42?/m0/s1. The second-order valence-corrected chi connectivity index (χ2v) is 16.3. The number of rotatable bonds is 15. The number of carbonyl (C=O) groups is 2. The van der Waals surface area contributed by atoms with Crippen LogP contribution in [-0.4, -0.2) is 101 Å². The molecule has 6 aromatic rings. The first-order valence-corrected chi connectivity index (χ1v) is 22.4. The molecule has 0 spiro atoms. The number of aromatic amines is 2. The number of carbonyl (C=O) groups excluding carboxylic acids is 2. The van der Waals surface area contributed by atoms with Crippen LogP contribution < -0.4 is 0 Å². The van der Waals surface area contributed by atoms with E-state index >= 15 is 0 Å². The zero-order valence-corrected chi connectivity index (χ0v) is 36.7. The van der Waals surface area contributed by atoms with Crippen LogP contribution in [0.15, 0.2) is 104 Å². The van der Waals surface area contributed by atoms with Crippen molar-refractivity contribution in [2.24, 2.45) is 0 Å². The molecule has 3 aromatic heterocycles. The summed E-state index contributed by atoms with van der Waals surface area (Å²) in [6.45, 7) is 12.0. The summed E-state index contributed by atoms with van der Waals surface area (Å²) in [5.74, 6) is 1.13. The number of amides is 2. The van der Waals surface area contributed by atoms with E-state index in [1.165, 1.54) is 0 Å². The Labute approximate surface area is 372 Å². The van der Waals surface area contributed by atoms with Crippen LogP contribution in [-0.2, 0) is 15.8 Å². The van der Waals surface area contributed by atoms with E-state index in [0.29, 0.717) is 73.1 Å². The van der Waals surface area contributed by atoms with Gasteiger partial charge in [0, 0.05) is 42.2 Å². The zero-order chi connectivity index (χ0) is 45.0. The van der Waals surface area contributed by atoms with Gasteiger partial charge in [0.1, 0.15) is 23.7 Å². The van der Waals surface area contributed by atoms with Gasteiger partial charge in [-0.3, -0.25) is 19.4 Å². The molecule has 12 nitrogen and oxygen atoms in total. The van der Waals surface area contributed by atoms with Crippen molar-refractivity contribution in [1.29, 1.82) is 0 Å². The van der Waals surface area contributed by atoms with Crippen LogP contribution in [0.4, 0.5) is 13.2 Å². The van der Waals surface area contributed by atoms with Crippen molar-refractivity contribution in [2.75, 3.05) is 39.3 Å². The highest BCUT2D eigenvalue weighted by molar-refractivity contribution is 5.85. The highest BCUT2D eigenvalue weighted by Gasteiger charge is 2.43. The Morgan fingerprint density at radius 3 is 1.61 bits per heavy atom. The molecule has 3 aromatic carbocycles. The number of hydrogen-bond donors (Lipinski definition) is 2. The van der Waals surface area contributed by atoms with Crippen molar-refractivity contribution < 1.29 is 22.8 Å². The average Bonchev–Trinajstić information content (AvgIpc) is 4.17. The van der Waals surface area contributed by atoms with E-state index in [0.717, 1.165) is 37.1 Å². The van der Waals surface area contributed by atoms with Gasteiger partial charge in [-0.25, -0.2) is 19.9 Å². The Bertz CT molecular complexity index is 2480. The van der Waals surface area contributed by atoms with Crippen molar-refractivity contribution in [2.45, 2.75) is 83.7 Å². The maximum Gasteiger partial charge on any atom is 0.435 e. The minimum absolute atomic E-state index is 0.0622. The molecule has 0 radical (unpaired) electrons. The Morgan fingerprint density at radius 2 is 1.12 bits per heavy atom. The minimum atomic E-state index is -4.74. The third-order valence-corrected chi connectivity index (χ3v) is 12.7. The smallest absolute Gasteiger partial charge is 0.340 e. The number of imidazole rings is 2.